The molecule has 3 fully saturated rings. The third-order valence-electron chi connectivity index (χ3n) is 6.28. The number of hydrogen-bond donors (Lipinski definition) is 0. The molecule has 1 aromatic carbocycles. The lowest BCUT2D eigenvalue weighted by atomic mass is 9.73. The largest absolute Gasteiger partial charge is 0.493 e. The molecule has 1 spiro atoms. The summed E-state index contributed by atoms with van der Waals surface area (Å²) >= 11 is 0. The van der Waals surface area contributed by atoms with E-state index >= 15 is 0 Å². The molecule has 3 aliphatic heterocycles. The quantitative estimate of drug-likeness (QED) is 0.803. The Morgan fingerprint density at radius 3 is 2.77 bits per heavy atom. The summed E-state index contributed by atoms with van der Waals surface area (Å²) in [7, 11) is 7.41. The molecule has 3 aliphatic rings. The molecule has 3 heterocycles. The zero-order chi connectivity index (χ0) is 18.5. The minimum absolute atomic E-state index is 0.0466. The van der Waals surface area contributed by atoms with Crippen molar-refractivity contribution in [1.82, 2.24) is 9.80 Å². The third-order valence-corrected chi connectivity index (χ3v) is 6.28. The number of fused-ring (bicyclic) bond motifs is 1. The van der Waals surface area contributed by atoms with Crippen LogP contribution in [0.5, 0.6) is 11.5 Å². The minimum atomic E-state index is -0.127. The monoisotopic (exact) mass is 360 g/mol. The molecule has 0 aliphatic carbocycles. The van der Waals surface area contributed by atoms with Gasteiger partial charge in [-0.25, -0.2) is 0 Å². The van der Waals surface area contributed by atoms with Crippen LogP contribution in [0.3, 0.4) is 0 Å². The first-order valence-corrected chi connectivity index (χ1v) is 9.31. The number of hydrogen-bond acceptors (Lipinski definition) is 5. The van der Waals surface area contributed by atoms with E-state index in [1.54, 1.807) is 26.4 Å². The molecule has 2 bridgehead atoms. The normalized spacial score (nSPS) is 32.2. The van der Waals surface area contributed by atoms with Gasteiger partial charge in [-0.15, -0.1) is 0 Å². The highest BCUT2D eigenvalue weighted by molar-refractivity contribution is 5.95. The number of benzene rings is 1. The number of rotatable bonds is 5. The van der Waals surface area contributed by atoms with E-state index in [2.05, 4.69) is 19.0 Å². The summed E-state index contributed by atoms with van der Waals surface area (Å²) in [6, 6.07) is 5.37. The zero-order valence-corrected chi connectivity index (χ0v) is 16.0. The number of carbonyl (C=O) groups excluding carboxylic acids is 1. The lowest BCUT2D eigenvalue weighted by Gasteiger charge is -2.30. The van der Waals surface area contributed by atoms with Gasteiger partial charge in [0.25, 0.3) is 5.91 Å². The molecule has 1 aromatic rings. The van der Waals surface area contributed by atoms with E-state index in [4.69, 9.17) is 14.2 Å². The zero-order valence-electron chi connectivity index (χ0n) is 16.0. The fourth-order valence-corrected chi connectivity index (χ4v) is 5.16. The summed E-state index contributed by atoms with van der Waals surface area (Å²) in [4.78, 5) is 17.3. The van der Waals surface area contributed by atoms with Crippen LogP contribution in [-0.4, -0.2) is 75.4 Å². The van der Waals surface area contributed by atoms with Gasteiger partial charge in [0.15, 0.2) is 11.5 Å². The predicted molar refractivity (Wildman–Crippen MR) is 97.8 cm³/mol. The number of nitrogens with zero attached hydrogens (tertiary/aromatic N) is 2. The van der Waals surface area contributed by atoms with E-state index in [-0.39, 0.29) is 11.5 Å². The van der Waals surface area contributed by atoms with Crippen LogP contribution in [0.25, 0.3) is 0 Å². The van der Waals surface area contributed by atoms with Crippen molar-refractivity contribution in [2.75, 3.05) is 47.9 Å². The first-order valence-electron chi connectivity index (χ1n) is 9.31. The van der Waals surface area contributed by atoms with Crippen LogP contribution < -0.4 is 9.47 Å². The standard InChI is InChI=1S/C20H28N2O4/c1-21(2)10-14-15-11-22(12-20(15)8-7-16(14)26-20)19(23)13-5-6-17(24-3)18(9-13)25-4/h5-6,9,14-16H,7-8,10-12H2,1-4H3/t14-,15+,16+,20+/m0/s1. The second-order valence-corrected chi connectivity index (χ2v) is 8.05. The first kappa shape index (κ1) is 17.6. The Kier molecular flexibility index (Phi) is 4.35. The molecule has 1 amide bonds. The fraction of sp³-hybridized carbons (Fsp3) is 0.650. The minimum Gasteiger partial charge on any atom is -0.493 e. The van der Waals surface area contributed by atoms with E-state index in [0.29, 0.717) is 41.5 Å². The molecule has 0 N–H and O–H groups in total. The van der Waals surface area contributed by atoms with E-state index in [0.717, 1.165) is 25.9 Å². The summed E-state index contributed by atoms with van der Waals surface area (Å²) in [5.74, 6) is 2.22. The molecule has 26 heavy (non-hydrogen) atoms. The van der Waals surface area contributed by atoms with Crippen molar-refractivity contribution in [3.8, 4) is 11.5 Å². The van der Waals surface area contributed by atoms with Crippen LogP contribution in [0.4, 0.5) is 0 Å². The molecule has 4 rings (SSSR count). The smallest absolute Gasteiger partial charge is 0.254 e. The maximum atomic E-state index is 13.1. The Hall–Kier alpha value is -1.79. The SMILES string of the molecule is COc1ccc(C(=O)N2C[C@@H]3[C@H](CN(C)C)[C@H]4CC[C@]3(C2)O4)cc1OC. The summed E-state index contributed by atoms with van der Waals surface area (Å²) < 4.78 is 17.0. The van der Waals surface area contributed by atoms with Gasteiger partial charge in [0.1, 0.15) is 0 Å². The third kappa shape index (κ3) is 2.67. The molecule has 0 aromatic heterocycles. The second kappa shape index (κ2) is 6.43. The van der Waals surface area contributed by atoms with Crippen molar-refractivity contribution in [2.24, 2.45) is 11.8 Å². The maximum Gasteiger partial charge on any atom is 0.254 e. The van der Waals surface area contributed by atoms with Gasteiger partial charge in [-0.2, -0.15) is 0 Å². The highest BCUT2D eigenvalue weighted by atomic mass is 16.5. The Morgan fingerprint density at radius 2 is 2.08 bits per heavy atom. The number of carbonyl (C=O) groups is 1. The van der Waals surface area contributed by atoms with Crippen LogP contribution in [0, 0.1) is 11.8 Å². The van der Waals surface area contributed by atoms with Gasteiger partial charge in [0, 0.05) is 30.5 Å². The molecule has 3 saturated heterocycles. The van der Waals surface area contributed by atoms with Crippen LogP contribution in [0.15, 0.2) is 18.2 Å². The molecular formula is C20H28N2O4. The van der Waals surface area contributed by atoms with Gasteiger partial charge in [-0.3, -0.25) is 4.79 Å². The Balaban J connectivity index is 1.54. The van der Waals surface area contributed by atoms with Crippen LogP contribution >= 0.6 is 0 Å². The van der Waals surface area contributed by atoms with E-state index in [1.165, 1.54) is 0 Å². The van der Waals surface area contributed by atoms with Crippen molar-refractivity contribution in [1.29, 1.82) is 0 Å². The molecule has 0 saturated carbocycles. The van der Waals surface area contributed by atoms with Gasteiger partial charge >= 0.3 is 0 Å². The van der Waals surface area contributed by atoms with Gasteiger partial charge in [0.05, 0.1) is 32.5 Å². The number of amides is 1. The summed E-state index contributed by atoms with van der Waals surface area (Å²) in [5.41, 5.74) is 0.509. The number of likely N-dealkylation sites (tertiary alicyclic amines) is 1. The van der Waals surface area contributed by atoms with Crippen LogP contribution in [-0.2, 0) is 4.74 Å². The van der Waals surface area contributed by atoms with Crippen molar-refractivity contribution in [3.63, 3.8) is 0 Å². The van der Waals surface area contributed by atoms with Gasteiger partial charge in [-0.1, -0.05) is 0 Å². The molecule has 142 valence electrons. The maximum absolute atomic E-state index is 13.1. The van der Waals surface area contributed by atoms with Crippen molar-refractivity contribution >= 4 is 5.91 Å². The molecule has 0 unspecified atom stereocenters. The molecular weight excluding hydrogens is 332 g/mol. The van der Waals surface area contributed by atoms with E-state index in [1.807, 2.05) is 11.0 Å². The summed E-state index contributed by atoms with van der Waals surface area (Å²) in [5, 5.41) is 0. The van der Waals surface area contributed by atoms with Crippen molar-refractivity contribution in [3.05, 3.63) is 23.8 Å². The van der Waals surface area contributed by atoms with Gasteiger partial charge < -0.3 is 24.0 Å². The summed E-state index contributed by atoms with van der Waals surface area (Å²) in [6.07, 6.45) is 2.55. The topological polar surface area (TPSA) is 51.2 Å². The first-order chi connectivity index (χ1) is 12.5. The van der Waals surface area contributed by atoms with Gasteiger partial charge in [-0.05, 0) is 45.1 Å². The van der Waals surface area contributed by atoms with Crippen molar-refractivity contribution in [2.45, 2.75) is 24.5 Å². The Bertz CT molecular complexity index is 707. The number of ether oxygens (including phenoxy) is 3. The van der Waals surface area contributed by atoms with Gasteiger partial charge in [0.2, 0.25) is 0 Å². The highest BCUT2D eigenvalue weighted by Crippen LogP contribution is 2.55. The fourth-order valence-electron chi connectivity index (χ4n) is 5.16. The second-order valence-electron chi connectivity index (χ2n) is 8.05. The lowest BCUT2D eigenvalue weighted by Crippen LogP contribution is -2.40. The molecule has 4 atom stereocenters. The van der Waals surface area contributed by atoms with Crippen molar-refractivity contribution < 1.29 is 19.0 Å². The predicted octanol–water partition coefficient (Wildman–Crippen LogP) is 1.88. The average molecular weight is 360 g/mol. The van der Waals surface area contributed by atoms with E-state index in [9.17, 15) is 4.79 Å². The molecule has 0 radical (unpaired) electrons. The summed E-state index contributed by atoms with van der Waals surface area (Å²) in [6.45, 7) is 2.50. The van der Waals surface area contributed by atoms with Crippen LogP contribution in [0.1, 0.15) is 23.2 Å². The Labute approximate surface area is 155 Å². The highest BCUT2D eigenvalue weighted by Gasteiger charge is 2.63. The van der Waals surface area contributed by atoms with E-state index < -0.39 is 0 Å². The lowest BCUT2D eigenvalue weighted by molar-refractivity contribution is 0.00256. The number of methoxy groups -OCH3 is 2. The molecule has 6 nitrogen and oxygen atoms in total. The average Bonchev–Trinajstić information content (AvgIpc) is 3.29. The molecule has 6 heteroatoms. The van der Waals surface area contributed by atoms with Crippen LogP contribution in [0.2, 0.25) is 0 Å². The Morgan fingerprint density at radius 1 is 1.31 bits per heavy atom.